The Morgan fingerprint density at radius 1 is 0.839 bits per heavy atom. The molecule has 3 aliphatic rings. The number of hydrogen-bond donors (Lipinski definition) is 0. The minimum atomic E-state index is -0.191. The fourth-order valence-corrected chi connectivity index (χ4v) is 6.46. The van der Waals surface area contributed by atoms with Gasteiger partial charge in [-0.2, -0.15) is 0 Å². The molecule has 0 radical (unpaired) electrons. The van der Waals surface area contributed by atoms with Gasteiger partial charge in [-0.15, -0.1) is 0 Å². The Balaban J connectivity index is 1.35. The summed E-state index contributed by atoms with van der Waals surface area (Å²) >= 11 is 0. The molecule has 0 aromatic heterocycles. The van der Waals surface area contributed by atoms with Gasteiger partial charge >= 0.3 is 0 Å². The van der Waals surface area contributed by atoms with E-state index in [2.05, 4.69) is 93.6 Å². The molecule has 3 aromatic carbocycles. The van der Waals surface area contributed by atoms with E-state index in [4.69, 9.17) is 0 Å². The fourth-order valence-electron chi connectivity index (χ4n) is 6.46. The normalized spacial score (nSPS) is 26.4. The largest absolute Gasteiger partial charge is 0.294 e. The van der Waals surface area contributed by atoms with Crippen LogP contribution in [0.5, 0.6) is 0 Å². The topological polar surface area (TPSA) is 17.1 Å². The second-order valence-corrected chi connectivity index (χ2v) is 10.4. The van der Waals surface area contributed by atoms with E-state index in [1.54, 1.807) is 0 Å². The average Bonchev–Trinajstić information content (AvgIpc) is 3.31. The van der Waals surface area contributed by atoms with Crippen molar-refractivity contribution in [2.75, 3.05) is 0 Å². The molecule has 0 spiro atoms. The lowest BCUT2D eigenvalue weighted by atomic mass is 9.70. The van der Waals surface area contributed by atoms with Crippen molar-refractivity contribution in [2.45, 2.75) is 40.0 Å². The molecule has 0 heterocycles. The van der Waals surface area contributed by atoms with Gasteiger partial charge in [-0.3, -0.25) is 4.79 Å². The molecule has 154 valence electrons. The lowest BCUT2D eigenvalue weighted by Crippen LogP contribution is -2.32. The Morgan fingerprint density at radius 3 is 2.29 bits per heavy atom. The van der Waals surface area contributed by atoms with Crippen LogP contribution in [0.3, 0.4) is 0 Å². The quantitative estimate of drug-likeness (QED) is 0.320. The maximum absolute atomic E-state index is 13.2. The number of carbonyl (C=O) groups is 1. The van der Waals surface area contributed by atoms with Crippen LogP contribution in [-0.4, -0.2) is 5.78 Å². The highest BCUT2D eigenvalue weighted by atomic mass is 16.1. The van der Waals surface area contributed by atoms with Crippen molar-refractivity contribution >= 4 is 11.9 Å². The van der Waals surface area contributed by atoms with E-state index in [1.165, 1.54) is 33.4 Å². The van der Waals surface area contributed by atoms with Gasteiger partial charge in [0.15, 0.2) is 5.78 Å². The summed E-state index contributed by atoms with van der Waals surface area (Å²) in [5, 5.41) is 0. The number of hydrogen-bond acceptors (Lipinski definition) is 1. The van der Waals surface area contributed by atoms with Crippen molar-refractivity contribution < 1.29 is 4.79 Å². The fraction of sp³-hybridized carbons (Fsp3) is 0.300. The second kappa shape index (κ2) is 6.29. The van der Waals surface area contributed by atoms with E-state index in [9.17, 15) is 4.79 Å². The van der Waals surface area contributed by atoms with E-state index in [-0.39, 0.29) is 10.8 Å². The lowest BCUT2D eigenvalue weighted by Gasteiger charge is -2.31. The first-order valence-corrected chi connectivity index (χ1v) is 11.5. The summed E-state index contributed by atoms with van der Waals surface area (Å²) in [5.41, 5.74) is 10.2. The Labute approximate surface area is 184 Å². The van der Waals surface area contributed by atoms with E-state index < -0.39 is 0 Å². The first-order chi connectivity index (χ1) is 14.9. The van der Waals surface area contributed by atoms with Crippen molar-refractivity contribution in [1.29, 1.82) is 0 Å². The maximum atomic E-state index is 13.2. The molecule has 3 aliphatic carbocycles. The first kappa shape index (κ1) is 18.8. The van der Waals surface area contributed by atoms with Gasteiger partial charge in [0.25, 0.3) is 0 Å². The third-order valence-corrected chi connectivity index (χ3v) is 8.76. The highest BCUT2D eigenvalue weighted by Crippen LogP contribution is 2.65. The third kappa shape index (κ3) is 2.47. The molecule has 2 fully saturated rings. The van der Waals surface area contributed by atoms with E-state index in [1.807, 2.05) is 0 Å². The van der Waals surface area contributed by atoms with Crippen molar-refractivity contribution in [3.05, 3.63) is 89.0 Å². The van der Waals surface area contributed by atoms with Gasteiger partial charge in [0.1, 0.15) is 0 Å². The molecular weight excluding hydrogens is 376 g/mol. The molecule has 0 aliphatic heterocycles. The zero-order chi connectivity index (χ0) is 21.4. The number of rotatable bonds is 2. The molecule has 0 saturated heterocycles. The standard InChI is InChI=1S/C30H28O/c1-29(2)27-15-16-30(29,3)28(31)26(27)17-19-11-13-20(14-12-19)22-9-6-10-24-23-8-5-4-7-21(23)18-25(22)24/h4-14,17,27H,15-16,18H2,1-3H3. The van der Waals surface area contributed by atoms with Gasteiger partial charge in [0, 0.05) is 5.41 Å². The van der Waals surface area contributed by atoms with E-state index in [0.29, 0.717) is 11.7 Å². The summed E-state index contributed by atoms with van der Waals surface area (Å²) in [6.07, 6.45) is 5.32. The molecule has 0 N–H and O–H groups in total. The lowest BCUT2D eigenvalue weighted by molar-refractivity contribution is -0.125. The molecular formula is C30H28O. The molecule has 1 nitrogen and oxygen atoms in total. The first-order valence-electron chi connectivity index (χ1n) is 11.5. The van der Waals surface area contributed by atoms with Crippen molar-refractivity contribution in [3.63, 3.8) is 0 Å². The number of allylic oxidation sites excluding steroid dienone is 1. The number of carbonyl (C=O) groups excluding carboxylic acids is 1. The summed E-state index contributed by atoms with van der Waals surface area (Å²) in [5.74, 6) is 0.761. The van der Waals surface area contributed by atoms with Gasteiger partial charge in [-0.1, -0.05) is 87.5 Å². The Bertz CT molecular complexity index is 1260. The predicted molar refractivity (Wildman–Crippen MR) is 128 cm³/mol. The average molecular weight is 405 g/mol. The number of fused-ring (bicyclic) bond motifs is 5. The molecule has 3 aromatic rings. The summed E-state index contributed by atoms with van der Waals surface area (Å²) in [4.78, 5) is 13.2. The molecule has 6 rings (SSSR count). The van der Waals surface area contributed by atoms with Crippen LogP contribution in [-0.2, 0) is 11.2 Å². The molecule has 31 heavy (non-hydrogen) atoms. The Morgan fingerprint density at radius 2 is 1.55 bits per heavy atom. The van der Waals surface area contributed by atoms with Crippen molar-refractivity contribution in [2.24, 2.45) is 16.7 Å². The highest BCUT2D eigenvalue weighted by molar-refractivity contribution is 6.08. The van der Waals surface area contributed by atoms with Crippen molar-refractivity contribution in [1.82, 2.24) is 0 Å². The minimum Gasteiger partial charge on any atom is -0.294 e. The van der Waals surface area contributed by atoms with E-state index >= 15 is 0 Å². The van der Waals surface area contributed by atoms with Crippen LogP contribution in [0.25, 0.3) is 28.3 Å². The smallest absolute Gasteiger partial charge is 0.165 e. The SMILES string of the molecule is CC12CCC(C(=Cc3ccc(-c4cccc5c4Cc4ccccc4-5)cc3)C1=O)C2(C)C. The summed E-state index contributed by atoms with van der Waals surface area (Å²) in [6, 6.07) is 24.2. The van der Waals surface area contributed by atoms with Crippen molar-refractivity contribution in [3.8, 4) is 22.3 Å². The molecule has 2 saturated carbocycles. The zero-order valence-electron chi connectivity index (χ0n) is 18.5. The monoisotopic (exact) mass is 404 g/mol. The third-order valence-electron chi connectivity index (χ3n) is 8.76. The van der Waals surface area contributed by atoms with Crippen LogP contribution < -0.4 is 0 Å². The van der Waals surface area contributed by atoms with Crippen LogP contribution >= 0.6 is 0 Å². The van der Waals surface area contributed by atoms with Crippen LogP contribution in [0.15, 0.2) is 72.3 Å². The van der Waals surface area contributed by atoms with E-state index in [0.717, 1.165) is 30.4 Å². The summed E-state index contributed by atoms with van der Waals surface area (Å²) in [7, 11) is 0. The van der Waals surface area contributed by atoms with Crippen LogP contribution in [0.2, 0.25) is 0 Å². The Hall–Kier alpha value is -2.93. The maximum Gasteiger partial charge on any atom is 0.165 e. The van der Waals surface area contributed by atoms with Crippen LogP contribution in [0, 0.1) is 16.7 Å². The predicted octanol–water partition coefficient (Wildman–Crippen LogP) is 7.33. The molecule has 0 amide bonds. The number of Topliss-reactive ketones (excluding diaryl/α,β-unsaturated/α-hetero) is 1. The number of ketones is 1. The van der Waals surface area contributed by atoms with Gasteiger partial charge < -0.3 is 0 Å². The van der Waals surface area contributed by atoms with Gasteiger partial charge in [0.2, 0.25) is 0 Å². The molecule has 1 heteroatoms. The van der Waals surface area contributed by atoms with Crippen LogP contribution in [0.1, 0.15) is 50.3 Å². The molecule has 2 bridgehead atoms. The zero-order valence-corrected chi connectivity index (χ0v) is 18.5. The second-order valence-electron chi connectivity index (χ2n) is 10.4. The summed E-state index contributed by atoms with van der Waals surface area (Å²) < 4.78 is 0. The number of benzene rings is 3. The highest BCUT2D eigenvalue weighted by Gasteiger charge is 2.63. The molecule has 2 unspecified atom stereocenters. The van der Waals surface area contributed by atoms with Gasteiger partial charge in [-0.05, 0) is 81.2 Å². The van der Waals surface area contributed by atoms with Crippen LogP contribution in [0.4, 0.5) is 0 Å². The summed E-state index contributed by atoms with van der Waals surface area (Å²) in [6.45, 7) is 6.73. The van der Waals surface area contributed by atoms with Gasteiger partial charge in [-0.25, -0.2) is 0 Å². The minimum absolute atomic E-state index is 0.0649. The van der Waals surface area contributed by atoms with Gasteiger partial charge in [0.05, 0.1) is 0 Å². The molecule has 2 atom stereocenters. The Kier molecular flexibility index (Phi) is 3.82.